The molecule has 1 aromatic rings. The Bertz CT molecular complexity index is 351. The first-order valence-corrected chi connectivity index (χ1v) is 5.07. The second-order valence-electron chi connectivity index (χ2n) is 3.67. The van der Waals surface area contributed by atoms with Crippen LogP contribution >= 0.6 is 11.6 Å². The molecule has 0 radical (unpaired) electrons. The smallest absolute Gasteiger partial charge is 0.224 e. The third-order valence-electron chi connectivity index (χ3n) is 2.09. The number of nitrogens with zero attached hydrogens (tertiary/aromatic N) is 2. The van der Waals surface area contributed by atoms with Crippen LogP contribution in [0.5, 0.6) is 0 Å². The van der Waals surface area contributed by atoms with Crippen LogP contribution in [0.15, 0.2) is 0 Å². The Hall–Kier alpha value is -0.870. The van der Waals surface area contributed by atoms with Gasteiger partial charge in [0.15, 0.2) is 0 Å². The summed E-state index contributed by atoms with van der Waals surface area (Å²) in [5.74, 6) is 0.861. The first-order valence-electron chi connectivity index (χ1n) is 4.69. The molecule has 0 bridgehead atoms. The molecule has 0 unspecified atom stereocenters. The van der Waals surface area contributed by atoms with E-state index >= 15 is 0 Å². The molecule has 0 saturated heterocycles. The first kappa shape index (κ1) is 9.68. The Morgan fingerprint density at radius 1 is 1.36 bits per heavy atom. The van der Waals surface area contributed by atoms with Crippen molar-refractivity contribution in [3.05, 3.63) is 16.5 Å². The third kappa shape index (κ3) is 1.81. The average molecular weight is 213 g/mol. The van der Waals surface area contributed by atoms with Crippen LogP contribution in [0.25, 0.3) is 0 Å². The van der Waals surface area contributed by atoms with Gasteiger partial charge in [-0.25, -0.2) is 9.97 Å². The fourth-order valence-corrected chi connectivity index (χ4v) is 1.72. The van der Waals surface area contributed by atoms with Gasteiger partial charge in [0, 0.05) is 24.7 Å². The van der Waals surface area contributed by atoms with Gasteiger partial charge in [-0.3, -0.25) is 0 Å². The van der Waals surface area contributed by atoms with Crippen molar-refractivity contribution < 1.29 is 0 Å². The predicted molar refractivity (Wildman–Crippen MR) is 56.3 cm³/mol. The van der Waals surface area contributed by atoms with Crippen molar-refractivity contribution in [1.29, 1.82) is 0 Å². The van der Waals surface area contributed by atoms with E-state index in [0.717, 1.165) is 30.2 Å². The standard InChI is InChI=1S/C9H13ClN4/c1-5(2)12-8-6-3-11-4-7(6)13-9(10)14-8/h5,11H,3-4H2,1-2H3,(H,12,13,14). The molecule has 14 heavy (non-hydrogen) atoms. The molecule has 5 heteroatoms. The average Bonchev–Trinajstić information content (AvgIpc) is 2.50. The summed E-state index contributed by atoms with van der Waals surface area (Å²) in [6.07, 6.45) is 0. The van der Waals surface area contributed by atoms with Gasteiger partial charge in [-0.05, 0) is 25.4 Å². The van der Waals surface area contributed by atoms with Crippen LogP contribution in [0.1, 0.15) is 25.1 Å². The largest absolute Gasteiger partial charge is 0.367 e. The van der Waals surface area contributed by atoms with Gasteiger partial charge in [-0.1, -0.05) is 0 Å². The minimum atomic E-state index is 0.315. The lowest BCUT2D eigenvalue weighted by Gasteiger charge is -2.12. The second kappa shape index (κ2) is 3.71. The van der Waals surface area contributed by atoms with Crippen LogP contribution in [0.2, 0.25) is 5.28 Å². The van der Waals surface area contributed by atoms with Crippen molar-refractivity contribution in [2.75, 3.05) is 5.32 Å². The molecule has 2 rings (SSSR count). The van der Waals surface area contributed by atoms with E-state index in [1.165, 1.54) is 0 Å². The summed E-state index contributed by atoms with van der Waals surface area (Å²) in [5, 5.41) is 6.81. The molecule has 1 aliphatic heterocycles. The molecule has 2 N–H and O–H groups in total. The monoisotopic (exact) mass is 212 g/mol. The van der Waals surface area contributed by atoms with Gasteiger partial charge in [-0.2, -0.15) is 0 Å². The maximum absolute atomic E-state index is 5.82. The van der Waals surface area contributed by atoms with Gasteiger partial charge >= 0.3 is 0 Å². The van der Waals surface area contributed by atoms with E-state index < -0.39 is 0 Å². The number of hydrogen-bond acceptors (Lipinski definition) is 4. The topological polar surface area (TPSA) is 49.8 Å². The normalized spacial score (nSPS) is 14.6. The van der Waals surface area contributed by atoms with Gasteiger partial charge in [0.05, 0.1) is 5.69 Å². The number of fused-ring (bicyclic) bond motifs is 1. The van der Waals surface area contributed by atoms with Crippen LogP contribution in [-0.2, 0) is 13.1 Å². The highest BCUT2D eigenvalue weighted by Gasteiger charge is 2.18. The molecule has 0 atom stereocenters. The summed E-state index contributed by atoms with van der Waals surface area (Å²) in [7, 11) is 0. The van der Waals surface area contributed by atoms with E-state index in [2.05, 4.69) is 34.4 Å². The summed E-state index contributed by atoms with van der Waals surface area (Å²) in [5.41, 5.74) is 2.15. The van der Waals surface area contributed by atoms with Crippen molar-refractivity contribution in [3.63, 3.8) is 0 Å². The molecule has 0 spiro atoms. The minimum Gasteiger partial charge on any atom is -0.367 e. The fourth-order valence-electron chi connectivity index (χ4n) is 1.53. The van der Waals surface area contributed by atoms with Gasteiger partial charge in [0.25, 0.3) is 0 Å². The van der Waals surface area contributed by atoms with Gasteiger partial charge in [-0.15, -0.1) is 0 Å². The number of anilines is 1. The van der Waals surface area contributed by atoms with Crippen LogP contribution in [0.4, 0.5) is 5.82 Å². The zero-order chi connectivity index (χ0) is 10.1. The Labute approximate surface area is 88.1 Å². The third-order valence-corrected chi connectivity index (χ3v) is 2.25. The molecule has 0 fully saturated rings. The number of aromatic nitrogens is 2. The number of hydrogen-bond donors (Lipinski definition) is 2. The summed E-state index contributed by atoms with van der Waals surface area (Å²) in [4.78, 5) is 8.36. The summed E-state index contributed by atoms with van der Waals surface area (Å²) < 4.78 is 0. The van der Waals surface area contributed by atoms with E-state index in [-0.39, 0.29) is 0 Å². The maximum Gasteiger partial charge on any atom is 0.224 e. The Morgan fingerprint density at radius 2 is 2.14 bits per heavy atom. The highest BCUT2D eigenvalue weighted by Crippen LogP contribution is 2.23. The molecule has 1 aromatic heterocycles. The SMILES string of the molecule is CC(C)Nc1nc(Cl)nc2c1CNC2. The summed E-state index contributed by atoms with van der Waals surface area (Å²) in [6, 6.07) is 0.352. The minimum absolute atomic E-state index is 0.315. The van der Waals surface area contributed by atoms with E-state index in [0.29, 0.717) is 11.3 Å². The molecule has 1 aliphatic rings. The molecule has 76 valence electrons. The molecule has 0 aliphatic carbocycles. The van der Waals surface area contributed by atoms with Crippen molar-refractivity contribution in [1.82, 2.24) is 15.3 Å². The van der Waals surface area contributed by atoms with E-state index in [1.807, 2.05) is 0 Å². The lowest BCUT2D eigenvalue weighted by Crippen LogP contribution is -2.14. The lowest BCUT2D eigenvalue weighted by molar-refractivity contribution is 0.757. The zero-order valence-corrected chi connectivity index (χ0v) is 9.02. The van der Waals surface area contributed by atoms with Crippen molar-refractivity contribution >= 4 is 17.4 Å². The van der Waals surface area contributed by atoms with Crippen LogP contribution in [-0.4, -0.2) is 16.0 Å². The zero-order valence-electron chi connectivity index (χ0n) is 8.26. The molecule has 0 amide bonds. The van der Waals surface area contributed by atoms with E-state index in [4.69, 9.17) is 11.6 Å². The molecule has 0 aromatic carbocycles. The van der Waals surface area contributed by atoms with Gasteiger partial charge < -0.3 is 10.6 Å². The van der Waals surface area contributed by atoms with E-state index in [9.17, 15) is 0 Å². The summed E-state index contributed by atoms with van der Waals surface area (Å²) >= 11 is 5.82. The fraction of sp³-hybridized carbons (Fsp3) is 0.556. The molecular weight excluding hydrogens is 200 g/mol. The number of halogens is 1. The van der Waals surface area contributed by atoms with Gasteiger partial charge in [0.2, 0.25) is 5.28 Å². The first-order chi connectivity index (χ1) is 6.66. The molecule has 2 heterocycles. The van der Waals surface area contributed by atoms with E-state index in [1.54, 1.807) is 0 Å². The molecule has 4 nitrogen and oxygen atoms in total. The Morgan fingerprint density at radius 3 is 2.86 bits per heavy atom. The van der Waals surface area contributed by atoms with Crippen molar-refractivity contribution in [3.8, 4) is 0 Å². The highest BCUT2D eigenvalue weighted by molar-refractivity contribution is 6.28. The molecular formula is C9H13ClN4. The quantitative estimate of drug-likeness (QED) is 0.731. The Kier molecular flexibility index (Phi) is 2.56. The lowest BCUT2D eigenvalue weighted by atomic mass is 10.2. The van der Waals surface area contributed by atoms with Gasteiger partial charge in [0.1, 0.15) is 5.82 Å². The Balaban J connectivity index is 2.38. The van der Waals surface area contributed by atoms with Crippen molar-refractivity contribution in [2.45, 2.75) is 33.0 Å². The maximum atomic E-state index is 5.82. The number of nitrogens with one attached hydrogen (secondary N) is 2. The summed E-state index contributed by atoms with van der Waals surface area (Å²) in [6.45, 7) is 5.75. The predicted octanol–water partition coefficient (Wildman–Crippen LogP) is 1.55. The van der Waals surface area contributed by atoms with Crippen LogP contribution in [0, 0.1) is 0 Å². The van der Waals surface area contributed by atoms with Crippen molar-refractivity contribution in [2.24, 2.45) is 0 Å². The van der Waals surface area contributed by atoms with Crippen LogP contribution in [0.3, 0.4) is 0 Å². The highest BCUT2D eigenvalue weighted by atomic mass is 35.5. The molecule has 0 saturated carbocycles. The van der Waals surface area contributed by atoms with Crippen LogP contribution < -0.4 is 10.6 Å². The number of rotatable bonds is 2. The second-order valence-corrected chi connectivity index (χ2v) is 4.01.